The molecule has 0 radical (unpaired) electrons. The number of benzene rings is 1. The number of aldehydes is 1. The van der Waals surface area contributed by atoms with Crippen molar-refractivity contribution >= 4 is 18.1 Å². The van der Waals surface area contributed by atoms with Crippen LogP contribution in [0.3, 0.4) is 0 Å². The van der Waals surface area contributed by atoms with Gasteiger partial charge >= 0.3 is 0 Å². The number of amides is 2. The molecule has 1 aliphatic rings. The van der Waals surface area contributed by atoms with Gasteiger partial charge in [0.05, 0.1) is 7.11 Å². The molecule has 7 heteroatoms. The van der Waals surface area contributed by atoms with Crippen LogP contribution in [0.25, 0.3) is 0 Å². The predicted octanol–water partition coefficient (Wildman–Crippen LogP) is 1.61. The minimum Gasteiger partial charge on any atom is -0.493 e. The van der Waals surface area contributed by atoms with Crippen LogP contribution >= 0.6 is 0 Å². The van der Waals surface area contributed by atoms with Crippen molar-refractivity contribution in [3.8, 4) is 11.5 Å². The molecule has 24 heavy (non-hydrogen) atoms. The summed E-state index contributed by atoms with van der Waals surface area (Å²) < 4.78 is 10.5. The van der Waals surface area contributed by atoms with Crippen molar-refractivity contribution in [3.05, 3.63) is 23.8 Å². The molecule has 1 aromatic carbocycles. The maximum absolute atomic E-state index is 11.9. The van der Waals surface area contributed by atoms with Crippen molar-refractivity contribution in [1.82, 2.24) is 10.9 Å². The first-order chi connectivity index (χ1) is 11.6. The van der Waals surface area contributed by atoms with Crippen LogP contribution in [0.2, 0.25) is 0 Å². The van der Waals surface area contributed by atoms with Crippen LogP contribution in [0.5, 0.6) is 11.5 Å². The molecule has 1 aromatic rings. The zero-order valence-corrected chi connectivity index (χ0v) is 13.7. The summed E-state index contributed by atoms with van der Waals surface area (Å²) in [4.78, 5) is 34.4. The molecule has 0 aliphatic heterocycles. The van der Waals surface area contributed by atoms with Crippen molar-refractivity contribution in [2.45, 2.75) is 32.1 Å². The molecule has 0 heterocycles. The molecule has 0 bridgehead atoms. The van der Waals surface area contributed by atoms with Gasteiger partial charge in [0.2, 0.25) is 5.91 Å². The van der Waals surface area contributed by atoms with E-state index in [-0.39, 0.29) is 18.4 Å². The Labute approximate surface area is 140 Å². The molecule has 2 rings (SSSR count). The zero-order valence-electron chi connectivity index (χ0n) is 13.7. The van der Waals surface area contributed by atoms with Gasteiger partial charge < -0.3 is 9.47 Å². The highest BCUT2D eigenvalue weighted by Crippen LogP contribution is 2.27. The van der Waals surface area contributed by atoms with Gasteiger partial charge in [-0.25, -0.2) is 0 Å². The summed E-state index contributed by atoms with van der Waals surface area (Å²) in [5.74, 6) is 0.0445. The normalized spacial score (nSPS) is 14.5. The molecular formula is C17H22N2O5. The van der Waals surface area contributed by atoms with Crippen LogP contribution in [0.15, 0.2) is 18.2 Å². The van der Waals surface area contributed by atoms with E-state index in [4.69, 9.17) is 9.47 Å². The third-order valence-electron chi connectivity index (χ3n) is 3.98. The van der Waals surface area contributed by atoms with E-state index in [1.165, 1.54) is 13.2 Å². The number of hydrogen-bond donors (Lipinski definition) is 2. The van der Waals surface area contributed by atoms with Gasteiger partial charge in [-0.1, -0.05) is 19.3 Å². The number of nitrogens with one attached hydrogen (secondary N) is 2. The lowest BCUT2D eigenvalue weighted by atomic mass is 9.89. The molecule has 0 unspecified atom stereocenters. The number of hydrazine groups is 1. The zero-order chi connectivity index (χ0) is 17.4. The van der Waals surface area contributed by atoms with Crippen molar-refractivity contribution in [3.63, 3.8) is 0 Å². The van der Waals surface area contributed by atoms with Gasteiger partial charge in [0.1, 0.15) is 6.29 Å². The fourth-order valence-electron chi connectivity index (χ4n) is 2.65. The summed E-state index contributed by atoms with van der Waals surface area (Å²) in [6.45, 7) is -0.276. The Bertz CT molecular complexity index is 597. The van der Waals surface area contributed by atoms with E-state index in [0.717, 1.165) is 32.1 Å². The summed E-state index contributed by atoms with van der Waals surface area (Å²) in [5, 5.41) is 0. The van der Waals surface area contributed by atoms with Crippen LogP contribution in [-0.4, -0.2) is 31.8 Å². The van der Waals surface area contributed by atoms with Crippen molar-refractivity contribution in [2.75, 3.05) is 13.7 Å². The monoisotopic (exact) mass is 334 g/mol. The van der Waals surface area contributed by atoms with Crippen LogP contribution in [0.4, 0.5) is 0 Å². The van der Waals surface area contributed by atoms with E-state index >= 15 is 0 Å². The molecule has 0 spiro atoms. The number of rotatable bonds is 6. The van der Waals surface area contributed by atoms with E-state index in [0.29, 0.717) is 23.3 Å². The highest BCUT2D eigenvalue weighted by atomic mass is 16.5. The number of hydrogen-bond acceptors (Lipinski definition) is 5. The molecule has 1 aliphatic carbocycles. The van der Waals surface area contributed by atoms with Crippen molar-refractivity contribution in [1.29, 1.82) is 0 Å². The third-order valence-corrected chi connectivity index (χ3v) is 3.98. The Balaban J connectivity index is 1.78. The van der Waals surface area contributed by atoms with E-state index in [9.17, 15) is 14.4 Å². The molecule has 1 fully saturated rings. The molecule has 7 nitrogen and oxygen atoms in total. The second-order valence-corrected chi connectivity index (χ2v) is 5.69. The lowest BCUT2D eigenvalue weighted by molar-refractivity contribution is -0.132. The van der Waals surface area contributed by atoms with Gasteiger partial charge in [0, 0.05) is 11.5 Å². The fourth-order valence-corrected chi connectivity index (χ4v) is 2.65. The highest BCUT2D eigenvalue weighted by molar-refractivity contribution is 5.84. The standard InChI is InChI=1S/C17H22N2O5/c1-23-15-9-12(10-20)7-8-14(15)24-11-16(21)18-19-17(22)13-5-3-2-4-6-13/h7-10,13H,2-6,11H2,1H3,(H,18,21)(H,19,22). The Morgan fingerprint density at radius 2 is 1.92 bits per heavy atom. The van der Waals surface area contributed by atoms with Crippen LogP contribution in [-0.2, 0) is 9.59 Å². The summed E-state index contributed by atoms with van der Waals surface area (Å²) in [5.41, 5.74) is 5.24. The smallest absolute Gasteiger partial charge is 0.276 e. The Morgan fingerprint density at radius 1 is 1.17 bits per heavy atom. The summed E-state index contributed by atoms with van der Waals surface area (Å²) in [7, 11) is 1.45. The molecule has 1 saturated carbocycles. The van der Waals surface area contributed by atoms with Crippen LogP contribution in [0.1, 0.15) is 42.5 Å². The van der Waals surface area contributed by atoms with E-state index in [1.807, 2.05) is 0 Å². The average Bonchev–Trinajstić information content (AvgIpc) is 2.64. The largest absolute Gasteiger partial charge is 0.493 e. The van der Waals surface area contributed by atoms with Gasteiger partial charge in [-0.05, 0) is 31.0 Å². The van der Waals surface area contributed by atoms with E-state index < -0.39 is 5.91 Å². The van der Waals surface area contributed by atoms with Crippen molar-refractivity contribution < 1.29 is 23.9 Å². The lowest BCUT2D eigenvalue weighted by Crippen LogP contribution is -2.46. The predicted molar refractivity (Wildman–Crippen MR) is 86.7 cm³/mol. The molecule has 0 aromatic heterocycles. The Kier molecular flexibility index (Phi) is 6.60. The van der Waals surface area contributed by atoms with Crippen molar-refractivity contribution in [2.24, 2.45) is 5.92 Å². The number of carbonyl (C=O) groups excluding carboxylic acids is 3. The number of methoxy groups -OCH3 is 1. The van der Waals surface area contributed by atoms with E-state index in [1.54, 1.807) is 12.1 Å². The molecule has 130 valence electrons. The molecule has 0 atom stereocenters. The Morgan fingerprint density at radius 3 is 2.58 bits per heavy atom. The van der Waals surface area contributed by atoms with Gasteiger partial charge in [0.15, 0.2) is 18.1 Å². The minimum atomic E-state index is -0.472. The average molecular weight is 334 g/mol. The van der Waals surface area contributed by atoms with E-state index in [2.05, 4.69) is 10.9 Å². The second kappa shape index (κ2) is 8.90. The van der Waals surface area contributed by atoms with Gasteiger partial charge in [-0.3, -0.25) is 25.2 Å². The third kappa shape index (κ3) is 4.97. The second-order valence-electron chi connectivity index (χ2n) is 5.69. The first kappa shape index (κ1) is 17.8. The number of ether oxygens (including phenoxy) is 2. The Hall–Kier alpha value is -2.57. The highest BCUT2D eigenvalue weighted by Gasteiger charge is 2.21. The molecule has 2 N–H and O–H groups in total. The molecule has 0 saturated heterocycles. The lowest BCUT2D eigenvalue weighted by Gasteiger charge is -2.20. The number of carbonyl (C=O) groups is 3. The fraction of sp³-hybridized carbons (Fsp3) is 0.471. The maximum atomic E-state index is 11.9. The summed E-state index contributed by atoms with van der Waals surface area (Å²) in [6.07, 6.45) is 5.67. The van der Waals surface area contributed by atoms with Crippen LogP contribution < -0.4 is 20.3 Å². The summed E-state index contributed by atoms with van der Waals surface area (Å²) >= 11 is 0. The topological polar surface area (TPSA) is 93.7 Å². The van der Waals surface area contributed by atoms with Crippen LogP contribution in [0, 0.1) is 5.92 Å². The molecular weight excluding hydrogens is 312 g/mol. The van der Waals surface area contributed by atoms with Gasteiger partial charge in [-0.15, -0.1) is 0 Å². The van der Waals surface area contributed by atoms with Gasteiger partial charge in [0.25, 0.3) is 5.91 Å². The summed E-state index contributed by atoms with van der Waals surface area (Å²) in [6, 6.07) is 4.63. The molecule has 2 amide bonds. The maximum Gasteiger partial charge on any atom is 0.276 e. The van der Waals surface area contributed by atoms with Gasteiger partial charge in [-0.2, -0.15) is 0 Å². The first-order valence-electron chi connectivity index (χ1n) is 7.98. The SMILES string of the molecule is COc1cc(C=O)ccc1OCC(=O)NNC(=O)C1CCCCC1. The minimum absolute atomic E-state index is 0.0315. The first-order valence-corrected chi connectivity index (χ1v) is 7.98. The quantitative estimate of drug-likeness (QED) is 0.609.